The average molecular weight is 473 g/mol. The van der Waals surface area contributed by atoms with Crippen molar-refractivity contribution >= 4 is 18.0 Å². The Morgan fingerprint density at radius 3 is 2.00 bits per heavy atom. The number of alkyl carbamates (subject to hydrolysis) is 1. The highest BCUT2D eigenvalue weighted by Crippen LogP contribution is 2.44. The highest BCUT2D eigenvalue weighted by molar-refractivity contribution is 5.89. The van der Waals surface area contributed by atoms with Crippen molar-refractivity contribution < 1.29 is 24.2 Å². The number of hydrogen-bond donors (Lipinski definition) is 3. The van der Waals surface area contributed by atoms with Crippen molar-refractivity contribution in [1.29, 1.82) is 0 Å². The van der Waals surface area contributed by atoms with Gasteiger partial charge in [-0.05, 0) is 34.2 Å². The molecule has 2 atom stereocenters. The van der Waals surface area contributed by atoms with Gasteiger partial charge < -0.3 is 20.5 Å². The molecule has 2 unspecified atom stereocenters. The second kappa shape index (κ2) is 10.9. The molecule has 0 heterocycles. The second-order valence-corrected chi connectivity index (χ2v) is 8.50. The number of rotatable bonds is 9. The number of carbonyl (C=O) groups excluding carboxylic acids is 2. The Hall–Kier alpha value is -4.13. The molecule has 2 amide bonds. The average Bonchev–Trinajstić information content (AvgIpc) is 3.19. The quantitative estimate of drug-likeness (QED) is 0.421. The van der Waals surface area contributed by atoms with Crippen molar-refractivity contribution in [2.45, 2.75) is 37.8 Å². The molecule has 0 bridgehead atoms. The summed E-state index contributed by atoms with van der Waals surface area (Å²) < 4.78 is 5.49. The molecule has 0 aliphatic heterocycles. The minimum absolute atomic E-state index is 0.0723. The van der Waals surface area contributed by atoms with Crippen LogP contribution < -0.4 is 10.6 Å². The molecular formula is C28H28N2O5. The number of carboxylic acids is 1. The van der Waals surface area contributed by atoms with Crippen LogP contribution in [0.3, 0.4) is 0 Å². The maximum absolute atomic E-state index is 12.9. The first kappa shape index (κ1) is 24.0. The van der Waals surface area contributed by atoms with E-state index in [1.54, 1.807) is 0 Å². The van der Waals surface area contributed by atoms with E-state index >= 15 is 0 Å². The number of carboxylic acid groups (broad SMARTS) is 1. The molecule has 4 rings (SSSR count). The van der Waals surface area contributed by atoms with Crippen LogP contribution in [0.5, 0.6) is 0 Å². The Labute approximate surface area is 204 Å². The first-order chi connectivity index (χ1) is 17.0. The lowest BCUT2D eigenvalue weighted by Gasteiger charge is -2.22. The molecule has 180 valence electrons. The van der Waals surface area contributed by atoms with Gasteiger partial charge >= 0.3 is 12.1 Å². The molecule has 1 aliphatic rings. The first-order valence-corrected chi connectivity index (χ1v) is 11.7. The van der Waals surface area contributed by atoms with Gasteiger partial charge in [-0.25, -0.2) is 4.79 Å². The summed E-state index contributed by atoms with van der Waals surface area (Å²) >= 11 is 0. The van der Waals surface area contributed by atoms with Crippen LogP contribution in [-0.2, 0) is 14.3 Å². The molecule has 1 aliphatic carbocycles. The van der Waals surface area contributed by atoms with Crippen LogP contribution in [0.15, 0.2) is 78.9 Å². The van der Waals surface area contributed by atoms with Crippen molar-refractivity contribution in [1.82, 2.24) is 10.6 Å². The van der Waals surface area contributed by atoms with E-state index in [0.717, 1.165) is 27.8 Å². The monoisotopic (exact) mass is 472 g/mol. The van der Waals surface area contributed by atoms with Crippen molar-refractivity contribution in [3.63, 3.8) is 0 Å². The third kappa shape index (κ3) is 5.51. The number of carbonyl (C=O) groups is 3. The lowest BCUT2D eigenvalue weighted by molar-refractivity contribution is -0.140. The fourth-order valence-electron chi connectivity index (χ4n) is 4.54. The van der Waals surface area contributed by atoms with Gasteiger partial charge in [-0.2, -0.15) is 0 Å². The minimum Gasteiger partial charge on any atom is -0.481 e. The van der Waals surface area contributed by atoms with Gasteiger partial charge in [0.2, 0.25) is 5.91 Å². The third-order valence-electron chi connectivity index (χ3n) is 6.26. The molecule has 7 heteroatoms. The van der Waals surface area contributed by atoms with Crippen molar-refractivity contribution in [2.75, 3.05) is 6.61 Å². The number of benzene rings is 3. The summed E-state index contributed by atoms with van der Waals surface area (Å²) in [5.41, 5.74) is 5.24. The van der Waals surface area contributed by atoms with Crippen LogP contribution in [0.1, 0.15) is 48.4 Å². The van der Waals surface area contributed by atoms with Gasteiger partial charge in [0, 0.05) is 5.92 Å². The summed E-state index contributed by atoms with van der Waals surface area (Å²) in [6, 6.07) is 23.8. The number of aliphatic carboxylic acids is 1. The molecule has 35 heavy (non-hydrogen) atoms. The van der Waals surface area contributed by atoms with E-state index in [4.69, 9.17) is 4.74 Å². The lowest BCUT2D eigenvalue weighted by atomic mass is 9.98. The predicted octanol–water partition coefficient (Wildman–Crippen LogP) is 4.64. The lowest BCUT2D eigenvalue weighted by Crippen LogP contribution is -2.49. The predicted molar refractivity (Wildman–Crippen MR) is 132 cm³/mol. The van der Waals surface area contributed by atoms with Crippen LogP contribution in [-0.4, -0.2) is 35.7 Å². The summed E-state index contributed by atoms with van der Waals surface area (Å²) in [6.07, 6.45) is -0.775. The van der Waals surface area contributed by atoms with E-state index in [1.165, 1.54) is 0 Å². The SMILES string of the molecule is CCC(NC(=O)C(CC(=O)O)NC(=O)OCC1c2ccccc2-c2ccccc21)c1ccccc1. The van der Waals surface area contributed by atoms with Gasteiger partial charge in [0.25, 0.3) is 0 Å². The fourth-order valence-corrected chi connectivity index (χ4v) is 4.54. The molecule has 0 spiro atoms. The van der Waals surface area contributed by atoms with Gasteiger partial charge in [0.1, 0.15) is 12.6 Å². The number of hydrogen-bond acceptors (Lipinski definition) is 4. The van der Waals surface area contributed by atoms with Crippen molar-refractivity contribution in [2.24, 2.45) is 0 Å². The van der Waals surface area contributed by atoms with Gasteiger partial charge in [-0.1, -0.05) is 85.8 Å². The van der Waals surface area contributed by atoms with Gasteiger partial charge in [-0.3, -0.25) is 9.59 Å². The zero-order valence-electron chi connectivity index (χ0n) is 19.4. The Morgan fingerprint density at radius 1 is 0.857 bits per heavy atom. The zero-order valence-corrected chi connectivity index (χ0v) is 19.4. The largest absolute Gasteiger partial charge is 0.481 e. The molecule has 0 saturated heterocycles. The Morgan fingerprint density at radius 2 is 1.43 bits per heavy atom. The van der Waals surface area contributed by atoms with Crippen molar-refractivity contribution in [3.8, 4) is 11.1 Å². The summed E-state index contributed by atoms with van der Waals surface area (Å²) in [6.45, 7) is 1.99. The van der Waals surface area contributed by atoms with Crippen LogP contribution in [0.25, 0.3) is 11.1 Å². The standard InChI is InChI=1S/C28H28N2O5/c1-2-24(18-10-4-3-5-11-18)29-27(33)25(16-26(31)32)30-28(34)35-17-23-21-14-8-6-12-19(21)20-13-7-9-15-22(20)23/h3-15,23-25H,2,16-17H2,1H3,(H,29,33)(H,30,34)(H,31,32). The molecule has 0 aromatic heterocycles. The molecule has 3 N–H and O–H groups in total. The van der Waals surface area contributed by atoms with E-state index in [-0.39, 0.29) is 18.6 Å². The third-order valence-corrected chi connectivity index (χ3v) is 6.26. The highest BCUT2D eigenvalue weighted by Gasteiger charge is 2.30. The Balaban J connectivity index is 1.42. The second-order valence-electron chi connectivity index (χ2n) is 8.50. The van der Waals surface area contributed by atoms with Gasteiger partial charge in [-0.15, -0.1) is 0 Å². The maximum Gasteiger partial charge on any atom is 0.407 e. The normalized spacial score (nSPS) is 13.7. The topological polar surface area (TPSA) is 105 Å². The van der Waals surface area contributed by atoms with Crippen molar-refractivity contribution in [3.05, 3.63) is 95.6 Å². The molecule has 3 aromatic rings. The number of nitrogens with one attached hydrogen (secondary N) is 2. The summed E-state index contributed by atoms with van der Waals surface area (Å²) in [5, 5.41) is 14.6. The van der Waals surface area contributed by atoms with E-state index in [1.807, 2.05) is 85.8 Å². The maximum atomic E-state index is 12.9. The van der Waals surface area contributed by atoms with Crippen LogP contribution >= 0.6 is 0 Å². The highest BCUT2D eigenvalue weighted by atomic mass is 16.5. The summed E-state index contributed by atoms with van der Waals surface area (Å²) in [5.74, 6) is -1.91. The van der Waals surface area contributed by atoms with Crippen LogP contribution in [0.4, 0.5) is 4.79 Å². The molecule has 7 nitrogen and oxygen atoms in total. The van der Waals surface area contributed by atoms with E-state index in [9.17, 15) is 19.5 Å². The Bertz CT molecular complexity index is 1170. The number of ether oxygens (including phenoxy) is 1. The van der Waals surface area contributed by atoms with E-state index in [2.05, 4.69) is 10.6 Å². The summed E-state index contributed by atoms with van der Waals surface area (Å²) in [4.78, 5) is 36.9. The first-order valence-electron chi connectivity index (χ1n) is 11.7. The Kier molecular flexibility index (Phi) is 7.45. The smallest absolute Gasteiger partial charge is 0.407 e. The van der Waals surface area contributed by atoms with Crippen LogP contribution in [0.2, 0.25) is 0 Å². The summed E-state index contributed by atoms with van der Waals surface area (Å²) in [7, 11) is 0. The fraction of sp³-hybridized carbons (Fsp3) is 0.250. The number of amides is 2. The van der Waals surface area contributed by atoms with E-state index in [0.29, 0.717) is 6.42 Å². The van der Waals surface area contributed by atoms with Crippen LogP contribution in [0, 0.1) is 0 Å². The molecule has 0 saturated carbocycles. The molecule has 0 fully saturated rings. The minimum atomic E-state index is -1.26. The van der Waals surface area contributed by atoms with Gasteiger partial charge in [0.05, 0.1) is 12.5 Å². The van der Waals surface area contributed by atoms with Gasteiger partial charge in [0.15, 0.2) is 0 Å². The van der Waals surface area contributed by atoms with E-state index < -0.39 is 30.4 Å². The molecule has 0 radical (unpaired) electrons. The zero-order chi connectivity index (χ0) is 24.8. The number of fused-ring (bicyclic) bond motifs is 3. The molecule has 3 aromatic carbocycles. The molecular weight excluding hydrogens is 444 g/mol.